The van der Waals surface area contributed by atoms with Crippen molar-refractivity contribution in [2.45, 2.75) is 0 Å². The second-order valence-electron chi connectivity index (χ2n) is 7.46. The van der Waals surface area contributed by atoms with Crippen LogP contribution in [0.15, 0.2) is 85.2 Å². The van der Waals surface area contributed by atoms with Gasteiger partial charge in [0, 0.05) is 0 Å². The van der Waals surface area contributed by atoms with Crippen molar-refractivity contribution in [3.05, 3.63) is 96.3 Å². The van der Waals surface area contributed by atoms with Gasteiger partial charge in [-0.15, -0.1) is 0 Å². The first-order valence-corrected chi connectivity index (χ1v) is 10.2. The van der Waals surface area contributed by atoms with E-state index in [0.29, 0.717) is 11.5 Å². The molecule has 0 aliphatic rings. The highest BCUT2D eigenvalue weighted by molar-refractivity contribution is 5.95. The number of rotatable bonds is 6. The van der Waals surface area contributed by atoms with Crippen molar-refractivity contribution in [2.24, 2.45) is 0 Å². The first-order valence-electron chi connectivity index (χ1n) is 10.2. The van der Waals surface area contributed by atoms with Crippen LogP contribution < -0.4 is 9.47 Å². The van der Waals surface area contributed by atoms with Crippen LogP contribution in [-0.4, -0.2) is 32.1 Å². The molecule has 2 N–H and O–H groups in total. The Morgan fingerprint density at radius 1 is 0.559 bits per heavy atom. The number of aromatic carboxylic acids is 2. The van der Waals surface area contributed by atoms with Crippen LogP contribution in [0, 0.1) is 0 Å². The minimum absolute atomic E-state index is 0.217. The fourth-order valence-corrected chi connectivity index (χ4v) is 3.52. The summed E-state index contributed by atoms with van der Waals surface area (Å²) >= 11 is 0. The van der Waals surface area contributed by atoms with Crippen molar-refractivity contribution in [1.82, 2.24) is 9.97 Å². The molecule has 8 heteroatoms. The lowest BCUT2D eigenvalue weighted by Crippen LogP contribution is -1.96. The molecule has 0 saturated heterocycles. The van der Waals surface area contributed by atoms with Crippen molar-refractivity contribution >= 4 is 33.5 Å². The molecule has 0 saturated carbocycles. The van der Waals surface area contributed by atoms with Gasteiger partial charge in [0.15, 0.2) is 0 Å². The Kier molecular flexibility index (Phi) is 5.23. The number of hydrogen-bond acceptors (Lipinski definition) is 6. The van der Waals surface area contributed by atoms with E-state index in [9.17, 15) is 9.59 Å². The van der Waals surface area contributed by atoms with Gasteiger partial charge < -0.3 is 19.7 Å². The van der Waals surface area contributed by atoms with Gasteiger partial charge in [-0.2, -0.15) is 0 Å². The van der Waals surface area contributed by atoms with E-state index in [2.05, 4.69) is 9.97 Å². The van der Waals surface area contributed by atoms with E-state index < -0.39 is 11.9 Å². The van der Waals surface area contributed by atoms with Gasteiger partial charge in [-0.05, 0) is 70.1 Å². The second-order valence-corrected chi connectivity index (χ2v) is 7.46. The monoisotopic (exact) mass is 452 g/mol. The van der Waals surface area contributed by atoms with Crippen LogP contribution in [0.2, 0.25) is 0 Å². The summed E-state index contributed by atoms with van der Waals surface area (Å²) in [6.07, 6.45) is 1.32. The Hall–Kier alpha value is -4.98. The Morgan fingerprint density at radius 3 is 1.41 bits per heavy atom. The third-order valence-electron chi connectivity index (χ3n) is 5.18. The normalized spacial score (nSPS) is 10.8. The third kappa shape index (κ3) is 4.33. The summed E-state index contributed by atoms with van der Waals surface area (Å²) < 4.78 is 11.7. The second kappa shape index (κ2) is 8.51. The Balaban J connectivity index is 1.35. The molecular weight excluding hydrogens is 436 g/mol. The number of hydrogen-bond donors (Lipinski definition) is 2. The molecule has 0 bridgehead atoms. The van der Waals surface area contributed by atoms with Gasteiger partial charge in [0.2, 0.25) is 11.8 Å². The summed E-state index contributed by atoms with van der Waals surface area (Å²) in [6, 6.07) is 21.9. The average molecular weight is 452 g/mol. The standard InChI is InChI=1S/C26H16N2O6/c29-25(30)19-3-1-17-11-21(7-5-15(17)9-19)33-23-13-24(28-14-27-23)34-22-8-6-16-10-20(26(31)32)4-2-18(16)12-22/h1-14H,(H,29,30)(H,31,32). The molecule has 166 valence electrons. The zero-order chi connectivity index (χ0) is 23.7. The van der Waals surface area contributed by atoms with Gasteiger partial charge >= 0.3 is 11.9 Å². The number of carbonyl (C=O) groups is 2. The number of fused-ring (bicyclic) bond motifs is 2. The topological polar surface area (TPSA) is 119 Å². The summed E-state index contributed by atoms with van der Waals surface area (Å²) in [5, 5.41) is 21.5. The number of carboxylic acid groups (broad SMARTS) is 2. The van der Waals surface area contributed by atoms with Crippen LogP contribution >= 0.6 is 0 Å². The molecule has 1 heterocycles. The van der Waals surface area contributed by atoms with Crippen LogP contribution in [0.4, 0.5) is 0 Å². The van der Waals surface area contributed by atoms with Crippen LogP contribution in [0.25, 0.3) is 21.5 Å². The van der Waals surface area contributed by atoms with Crippen molar-refractivity contribution < 1.29 is 29.3 Å². The van der Waals surface area contributed by atoms with Gasteiger partial charge in [-0.1, -0.05) is 24.3 Å². The Bertz CT molecular complexity index is 1470. The van der Waals surface area contributed by atoms with E-state index in [1.54, 1.807) is 66.7 Å². The first kappa shape index (κ1) is 20.9. The molecule has 34 heavy (non-hydrogen) atoms. The maximum atomic E-state index is 11.1. The maximum Gasteiger partial charge on any atom is 0.335 e. The zero-order valence-corrected chi connectivity index (χ0v) is 17.5. The summed E-state index contributed by atoms with van der Waals surface area (Å²) in [6.45, 7) is 0. The molecule has 0 atom stereocenters. The van der Waals surface area contributed by atoms with Crippen LogP contribution in [0.3, 0.4) is 0 Å². The minimum atomic E-state index is -0.979. The van der Waals surface area contributed by atoms with E-state index in [1.807, 2.05) is 0 Å². The van der Waals surface area contributed by atoms with Crippen molar-refractivity contribution in [1.29, 1.82) is 0 Å². The van der Waals surface area contributed by atoms with Gasteiger partial charge in [-0.3, -0.25) is 0 Å². The summed E-state index contributed by atoms with van der Waals surface area (Å²) in [4.78, 5) is 30.5. The van der Waals surface area contributed by atoms with Gasteiger partial charge in [0.25, 0.3) is 0 Å². The summed E-state index contributed by atoms with van der Waals surface area (Å²) in [7, 11) is 0. The molecule has 0 fully saturated rings. The number of carboxylic acids is 2. The molecule has 0 aliphatic carbocycles. The SMILES string of the molecule is O=C(O)c1ccc2cc(Oc3cc(Oc4ccc5cc(C(=O)O)ccc5c4)ncn3)ccc2c1. The molecule has 0 radical (unpaired) electrons. The number of aromatic nitrogens is 2. The highest BCUT2D eigenvalue weighted by Crippen LogP contribution is 2.29. The van der Waals surface area contributed by atoms with Gasteiger partial charge in [0.1, 0.15) is 17.8 Å². The lowest BCUT2D eigenvalue weighted by molar-refractivity contribution is 0.0686. The van der Waals surface area contributed by atoms with Crippen LogP contribution in [-0.2, 0) is 0 Å². The zero-order valence-electron chi connectivity index (χ0n) is 17.5. The largest absolute Gasteiger partial charge is 0.478 e. The average Bonchev–Trinajstić information content (AvgIpc) is 2.83. The van der Waals surface area contributed by atoms with Gasteiger partial charge in [0.05, 0.1) is 17.2 Å². The van der Waals surface area contributed by atoms with Crippen molar-refractivity contribution in [3.63, 3.8) is 0 Å². The lowest BCUT2D eigenvalue weighted by atomic mass is 10.1. The molecule has 4 aromatic carbocycles. The number of nitrogens with zero attached hydrogens (tertiary/aromatic N) is 2. The molecular formula is C26H16N2O6. The highest BCUT2D eigenvalue weighted by atomic mass is 16.5. The number of ether oxygens (including phenoxy) is 2. The first-order chi connectivity index (χ1) is 16.4. The molecule has 0 aliphatic heterocycles. The molecule has 1 aromatic heterocycles. The van der Waals surface area contributed by atoms with Crippen LogP contribution in [0.1, 0.15) is 20.7 Å². The molecule has 0 spiro atoms. The quantitative estimate of drug-likeness (QED) is 0.334. The molecule has 0 unspecified atom stereocenters. The smallest absolute Gasteiger partial charge is 0.335 e. The van der Waals surface area contributed by atoms with Gasteiger partial charge in [-0.25, -0.2) is 19.6 Å². The fraction of sp³-hybridized carbons (Fsp3) is 0. The minimum Gasteiger partial charge on any atom is -0.478 e. The molecule has 5 rings (SSSR count). The van der Waals surface area contributed by atoms with Crippen molar-refractivity contribution in [3.8, 4) is 23.3 Å². The lowest BCUT2D eigenvalue weighted by Gasteiger charge is -2.09. The summed E-state index contributed by atoms with van der Waals surface area (Å²) in [5.41, 5.74) is 0.435. The highest BCUT2D eigenvalue weighted by Gasteiger charge is 2.09. The van der Waals surface area contributed by atoms with Crippen LogP contribution in [0.5, 0.6) is 23.3 Å². The number of benzene rings is 4. The predicted molar refractivity (Wildman–Crippen MR) is 124 cm³/mol. The maximum absolute atomic E-state index is 11.1. The molecule has 8 nitrogen and oxygen atoms in total. The molecule has 5 aromatic rings. The van der Waals surface area contributed by atoms with E-state index in [4.69, 9.17) is 19.7 Å². The van der Waals surface area contributed by atoms with Crippen molar-refractivity contribution in [2.75, 3.05) is 0 Å². The van der Waals surface area contributed by atoms with E-state index in [1.165, 1.54) is 18.5 Å². The van der Waals surface area contributed by atoms with E-state index in [0.717, 1.165) is 21.5 Å². The summed E-state index contributed by atoms with van der Waals surface area (Å²) in [5.74, 6) is -0.351. The molecule has 0 amide bonds. The fourth-order valence-electron chi connectivity index (χ4n) is 3.52. The van der Waals surface area contributed by atoms with E-state index in [-0.39, 0.29) is 22.9 Å². The Labute approximate surface area is 192 Å². The third-order valence-corrected chi connectivity index (χ3v) is 5.18. The van der Waals surface area contributed by atoms with E-state index >= 15 is 0 Å². The Morgan fingerprint density at radius 2 is 0.971 bits per heavy atom. The predicted octanol–water partition coefficient (Wildman–Crippen LogP) is 5.76.